The second-order valence-electron chi connectivity index (χ2n) is 6.13. The number of halogens is 4. The summed E-state index contributed by atoms with van der Waals surface area (Å²) in [6.45, 7) is 0. The Bertz CT molecular complexity index is 1040. The van der Waals surface area contributed by atoms with Crippen molar-refractivity contribution in [3.05, 3.63) is 113 Å². The van der Waals surface area contributed by atoms with Crippen LogP contribution in [0.1, 0.15) is 11.1 Å². The van der Waals surface area contributed by atoms with Gasteiger partial charge in [-0.05, 0) is 23.3 Å². The van der Waals surface area contributed by atoms with Crippen LogP contribution in [0.3, 0.4) is 0 Å². The van der Waals surface area contributed by atoms with Gasteiger partial charge >= 0.3 is 0 Å². The second-order valence-corrected chi connectivity index (χ2v) is 9.10. The van der Waals surface area contributed by atoms with E-state index in [0.717, 1.165) is 6.07 Å². The van der Waals surface area contributed by atoms with E-state index < -0.39 is 18.9 Å². The molecular weight excluding hydrogens is 434 g/mol. The molecule has 2 nitrogen and oxygen atoms in total. The van der Waals surface area contributed by atoms with Crippen molar-refractivity contribution >= 4 is 46.2 Å². The third-order valence-corrected chi connectivity index (χ3v) is 6.77. The molecule has 0 amide bonds. The van der Waals surface area contributed by atoms with E-state index in [-0.39, 0.29) is 15.8 Å². The molecule has 1 N–H and O–H groups in total. The lowest BCUT2D eigenvalue weighted by molar-refractivity contribution is 0.581. The van der Waals surface area contributed by atoms with Gasteiger partial charge in [0.15, 0.2) is 0 Å². The zero-order chi connectivity index (χ0) is 20.9. The standard InChI is InChI=1S/C22H16Cl2F2NOP/c23-19(16-7-3-1-4-8-16)14-29(28,15-20(24)17-9-5-2-6-10-17)27-22-12-11-18(25)13-21(22)26/h1-15H,(H,27,28)/b19-14-,20-15?. The minimum atomic E-state index is -3.63. The van der Waals surface area contributed by atoms with Crippen LogP contribution < -0.4 is 5.09 Å². The van der Waals surface area contributed by atoms with Gasteiger partial charge < -0.3 is 5.09 Å². The van der Waals surface area contributed by atoms with Gasteiger partial charge in [-0.2, -0.15) is 0 Å². The van der Waals surface area contributed by atoms with Crippen molar-refractivity contribution < 1.29 is 13.3 Å². The van der Waals surface area contributed by atoms with E-state index in [0.29, 0.717) is 17.2 Å². The normalized spacial score (nSPS) is 14.3. The minimum absolute atomic E-state index is 0.128. The van der Waals surface area contributed by atoms with Crippen molar-refractivity contribution in [1.29, 1.82) is 0 Å². The van der Waals surface area contributed by atoms with Crippen LogP contribution in [0, 0.1) is 11.6 Å². The molecule has 148 valence electrons. The molecule has 0 saturated carbocycles. The molecule has 0 saturated heterocycles. The maximum Gasteiger partial charge on any atom is 0.216 e. The summed E-state index contributed by atoms with van der Waals surface area (Å²) in [5, 5.41) is 3.06. The number of anilines is 1. The molecule has 0 aliphatic heterocycles. The van der Waals surface area contributed by atoms with Crippen molar-refractivity contribution in [1.82, 2.24) is 0 Å². The topological polar surface area (TPSA) is 29.1 Å². The van der Waals surface area contributed by atoms with Gasteiger partial charge in [-0.25, -0.2) is 8.78 Å². The Morgan fingerprint density at radius 2 is 1.28 bits per heavy atom. The number of hydrogen-bond acceptors (Lipinski definition) is 1. The second kappa shape index (κ2) is 9.41. The van der Waals surface area contributed by atoms with Crippen molar-refractivity contribution in [3.63, 3.8) is 0 Å². The maximum absolute atomic E-state index is 14.2. The zero-order valence-electron chi connectivity index (χ0n) is 15.0. The molecule has 0 fully saturated rings. The van der Waals surface area contributed by atoms with Gasteiger partial charge in [0.1, 0.15) is 11.6 Å². The highest BCUT2D eigenvalue weighted by molar-refractivity contribution is 7.72. The van der Waals surface area contributed by atoms with E-state index in [1.54, 1.807) is 48.5 Å². The highest BCUT2D eigenvalue weighted by atomic mass is 35.5. The number of benzene rings is 3. The van der Waals surface area contributed by atoms with Gasteiger partial charge in [0, 0.05) is 17.7 Å². The fourth-order valence-electron chi connectivity index (χ4n) is 2.55. The molecule has 0 radical (unpaired) electrons. The zero-order valence-corrected chi connectivity index (χ0v) is 17.4. The Balaban J connectivity index is 2.06. The molecule has 3 aromatic carbocycles. The summed E-state index contributed by atoms with van der Waals surface area (Å²) in [6.07, 6.45) is 0. The monoisotopic (exact) mass is 449 g/mol. The third-order valence-electron chi connectivity index (χ3n) is 3.94. The summed E-state index contributed by atoms with van der Waals surface area (Å²) in [7, 11) is -3.63. The summed E-state index contributed by atoms with van der Waals surface area (Å²) in [4.78, 5) is 0. The lowest BCUT2D eigenvalue weighted by atomic mass is 10.2. The molecule has 29 heavy (non-hydrogen) atoms. The highest BCUT2D eigenvalue weighted by Gasteiger charge is 2.21. The average molecular weight is 450 g/mol. The van der Waals surface area contributed by atoms with Crippen LogP contribution in [0.25, 0.3) is 10.1 Å². The predicted molar refractivity (Wildman–Crippen MR) is 118 cm³/mol. The van der Waals surface area contributed by atoms with Gasteiger partial charge in [-0.3, -0.25) is 4.57 Å². The SMILES string of the molecule is O=P(C=C(Cl)c1ccccc1)(/C=C(\Cl)c1ccccc1)Nc1ccc(F)cc1F. The first-order valence-corrected chi connectivity index (χ1v) is 11.2. The van der Waals surface area contributed by atoms with Gasteiger partial charge in [-0.15, -0.1) is 0 Å². The number of hydrogen-bond donors (Lipinski definition) is 1. The predicted octanol–water partition coefficient (Wildman–Crippen LogP) is 8.13. The lowest BCUT2D eigenvalue weighted by Crippen LogP contribution is -1.97. The van der Waals surface area contributed by atoms with E-state index in [9.17, 15) is 13.3 Å². The van der Waals surface area contributed by atoms with Crippen molar-refractivity contribution in [3.8, 4) is 0 Å². The maximum atomic E-state index is 14.2. The Labute approximate surface area is 177 Å². The molecular formula is C22H16Cl2F2NOP. The molecule has 0 spiro atoms. The average Bonchev–Trinajstić information content (AvgIpc) is 2.71. The Morgan fingerprint density at radius 1 is 0.793 bits per heavy atom. The van der Waals surface area contributed by atoms with Gasteiger partial charge in [0.2, 0.25) is 7.29 Å². The molecule has 0 bridgehead atoms. The van der Waals surface area contributed by atoms with E-state index >= 15 is 0 Å². The molecule has 3 aromatic rings. The Hall–Kier alpha value is -2.39. The molecule has 0 heterocycles. The molecule has 0 aliphatic rings. The van der Waals surface area contributed by atoms with Crippen LogP contribution >= 0.6 is 30.5 Å². The highest BCUT2D eigenvalue weighted by Crippen LogP contribution is 2.53. The molecule has 7 heteroatoms. The first kappa shape index (κ1) is 21.3. The fraction of sp³-hybridized carbons (Fsp3) is 0. The fourth-order valence-corrected chi connectivity index (χ4v) is 5.41. The Morgan fingerprint density at radius 3 is 1.72 bits per heavy atom. The smallest absolute Gasteiger partial charge is 0.216 e. The van der Waals surface area contributed by atoms with Crippen LogP contribution in [-0.2, 0) is 4.57 Å². The first-order chi connectivity index (χ1) is 13.9. The molecule has 0 aliphatic carbocycles. The quantitative estimate of drug-likeness (QED) is 0.384. The molecule has 1 atom stereocenters. The van der Waals surface area contributed by atoms with Crippen LogP contribution in [0.5, 0.6) is 0 Å². The van der Waals surface area contributed by atoms with Gasteiger partial charge in [0.05, 0.1) is 15.8 Å². The van der Waals surface area contributed by atoms with Gasteiger partial charge in [0.25, 0.3) is 0 Å². The summed E-state index contributed by atoms with van der Waals surface area (Å²) >= 11 is 12.7. The lowest BCUT2D eigenvalue weighted by Gasteiger charge is -2.16. The van der Waals surface area contributed by atoms with Crippen LogP contribution in [0.15, 0.2) is 90.5 Å². The molecule has 3 rings (SSSR count). The van der Waals surface area contributed by atoms with Crippen LogP contribution in [0.4, 0.5) is 14.5 Å². The van der Waals surface area contributed by atoms with E-state index in [2.05, 4.69) is 5.09 Å². The minimum Gasteiger partial charge on any atom is -0.328 e. The van der Waals surface area contributed by atoms with Crippen LogP contribution in [-0.4, -0.2) is 0 Å². The van der Waals surface area contributed by atoms with E-state index in [1.807, 2.05) is 12.1 Å². The van der Waals surface area contributed by atoms with Crippen molar-refractivity contribution in [2.45, 2.75) is 0 Å². The third kappa shape index (κ3) is 5.80. The summed E-state index contributed by atoms with van der Waals surface area (Å²) in [6, 6.07) is 20.8. The first-order valence-electron chi connectivity index (χ1n) is 8.57. The van der Waals surface area contributed by atoms with Crippen LogP contribution in [0.2, 0.25) is 0 Å². The van der Waals surface area contributed by atoms with Gasteiger partial charge in [-0.1, -0.05) is 83.9 Å². The Kier molecular flexibility index (Phi) is 6.92. The summed E-state index contributed by atoms with van der Waals surface area (Å²) in [5.74, 6) is 0.994. The van der Waals surface area contributed by atoms with E-state index in [1.165, 1.54) is 17.7 Å². The summed E-state index contributed by atoms with van der Waals surface area (Å²) in [5.41, 5.74) is 1.15. The summed E-state index contributed by atoms with van der Waals surface area (Å²) < 4.78 is 41.1. The number of rotatable bonds is 6. The van der Waals surface area contributed by atoms with Crippen molar-refractivity contribution in [2.75, 3.05) is 5.09 Å². The van der Waals surface area contributed by atoms with E-state index in [4.69, 9.17) is 23.2 Å². The number of nitrogens with one attached hydrogen (secondary N) is 1. The van der Waals surface area contributed by atoms with Crippen molar-refractivity contribution in [2.24, 2.45) is 0 Å². The molecule has 0 aromatic heterocycles. The molecule has 1 unspecified atom stereocenters. The largest absolute Gasteiger partial charge is 0.328 e.